The lowest BCUT2D eigenvalue weighted by molar-refractivity contribution is 1.07. The van der Waals surface area contributed by atoms with Crippen molar-refractivity contribution in [2.75, 3.05) is 0 Å². The summed E-state index contributed by atoms with van der Waals surface area (Å²) in [5.74, 6) is 1.82. The third-order valence-electron chi connectivity index (χ3n) is 11.9. The van der Waals surface area contributed by atoms with Crippen molar-refractivity contribution in [2.45, 2.75) is 0 Å². The molecule has 0 fully saturated rings. The van der Waals surface area contributed by atoms with Crippen LogP contribution in [0.25, 0.3) is 118 Å². The van der Waals surface area contributed by atoms with Gasteiger partial charge in [-0.2, -0.15) is 0 Å². The second-order valence-electron chi connectivity index (χ2n) is 15.5. The Morgan fingerprint density at radius 3 is 1.49 bits per heavy atom. The van der Waals surface area contributed by atoms with Gasteiger partial charge in [-0.25, -0.2) is 15.0 Å². The van der Waals surface area contributed by atoms with Crippen LogP contribution in [0.5, 0.6) is 0 Å². The molecule has 0 saturated carbocycles. The molecule has 0 unspecified atom stereocenters. The van der Waals surface area contributed by atoms with E-state index in [1.54, 1.807) is 6.20 Å². The number of nitrogens with zero attached hydrogens (tertiary/aromatic N) is 5. The quantitative estimate of drug-likeness (QED) is 0.146. The molecule has 0 spiro atoms. The van der Waals surface area contributed by atoms with Crippen LogP contribution in [-0.4, -0.2) is 24.5 Å². The number of aromatic nitrogens is 5. The van der Waals surface area contributed by atoms with Crippen molar-refractivity contribution in [2.24, 2.45) is 0 Å². The van der Waals surface area contributed by atoms with Gasteiger partial charge in [0.05, 0.1) is 11.0 Å². The van der Waals surface area contributed by atoms with Gasteiger partial charge in [-0.05, 0) is 85.6 Å². The van der Waals surface area contributed by atoms with E-state index in [0.717, 1.165) is 88.7 Å². The monoisotopic (exact) mass is 805 g/mol. The summed E-state index contributed by atoms with van der Waals surface area (Å²) in [4.78, 5) is 19.4. The van der Waals surface area contributed by atoms with Crippen LogP contribution in [0, 0.1) is 0 Å². The first-order valence-electron chi connectivity index (χ1n) is 21.0. The van der Waals surface area contributed by atoms with Crippen LogP contribution >= 0.6 is 0 Å². The minimum Gasteiger partial charge on any atom is -0.309 e. The Labute approximate surface area is 365 Å². The number of rotatable bonds is 9. The lowest BCUT2D eigenvalue weighted by Gasteiger charge is -2.21. The van der Waals surface area contributed by atoms with Crippen molar-refractivity contribution < 1.29 is 0 Å². The molecule has 0 atom stereocenters. The van der Waals surface area contributed by atoms with Gasteiger partial charge in [-0.3, -0.25) is 4.98 Å². The molecule has 0 saturated heterocycles. The SMILES string of the molecule is C=Cc1c(C=C)c(-c2cccc3c2c2ccccc2n3-c2ccccc2)c2ccccc2c1-c1ccc(-c2nc(-c3ccccc3)nc(-c3ccc(-c4cccnc4)cc3)n2)cc1. The van der Waals surface area contributed by atoms with E-state index < -0.39 is 0 Å². The third kappa shape index (κ3) is 6.51. The number of hydrogen-bond donors (Lipinski definition) is 0. The van der Waals surface area contributed by atoms with Gasteiger partial charge in [-0.15, -0.1) is 0 Å². The molecule has 0 aliphatic rings. The van der Waals surface area contributed by atoms with Gasteiger partial charge in [0.25, 0.3) is 0 Å². The third-order valence-corrected chi connectivity index (χ3v) is 11.9. The molecular formula is C58H39N5. The molecule has 296 valence electrons. The Kier molecular flexibility index (Phi) is 9.40. The molecule has 5 heteroatoms. The predicted octanol–water partition coefficient (Wildman–Crippen LogP) is 14.8. The molecule has 5 nitrogen and oxygen atoms in total. The zero-order valence-electron chi connectivity index (χ0n) is 34.4. The van der Waals surface area contributed by atoms with Crippen LogP contribution < -0.4 is 0 Å². The molecule has 3 heterocycles. The highest BCUT2D eigenvalue weighted by atomic mass is 15.0. The van der Waals surface area contributed by atoms with Crippen LogP contribution in [0.2, 0.25) is 0 Å². The summed E-state index contributed by atoms with van der Waals surface area (Å²) < 4.78 is 2.37. The number of fused-ring (bicyclic) bond motifs is 4. The van der Waals surface area contributed by atoms with Crippen LogP contribution in [0.1, 0.15) is 11.1 Å². The standard InChI is InChI=1S/C58H39N5/c1-3-45-46(4-2)54(50-25-15-27-52-55(50)49-24-13-14-26-51(49)63(52)44-20-9-6-10-21-44)48-23-12-11-22-47(48)53(45)39-30-34-42(35-31-39)58-61-56(40-17-7-5-8-18-40)60-57(62-58)41-32-28-38(29-33-41)43-19-16-36-59-37-43/h3-37H,1-2H2. The molecule has 11 aromatic rings. The first-order valence-corrected chi connectivity index (χ1v) is 21.0. The number of benzene rings is 8. The highest BCUT2D eigenvalue weighted by molar-refractivity contribution is 6.21. The van der Waals surface area contributed by atoms with Crippen LogP contribution in [0.15, 0.2) is 214 Å². The zero-order valence-corrected chi connectivity index (χ0v) is 34.4. The molecule has 8 aromatic carbocycles. The average molecular weight is 806 g/mol. The molecular weight excluding hydrogens is 767 g/mol. The Morgan fingerprint density at radius 2 is 0.873 bits per heavy atom. The largest absolute Gasteiger partial charge is 0.309 e. The second-order valence-corrected chi connectivity index (χ2v) is 15.5. The summed E-state index contributed by atoms with van der Waals surface area (Å²) in [7, 11) is 0. The van der Waals surface area contributed by atoms with Gasteiger partial charge in [0.1, 0.15) is 0 Å². The summed E-state index contributed by atoms with van der Waals surface area (Å²) >= 11 is 0. The lowest BCUT2D eigenvalue weighted by atomic mass is 9.82. The minimum absolute atomic E-state index is 0.598. The van der Waals surface area contributed by atoms with Crippen molar-refractivity contribution in [3.05, 3.63) is 225 Å². The Bertz CT molecular complexity index is 3500. The van der Waals surface area contributed by atoms with Gasteiger partial charge in [0.2, 0.25) is 0 Å². The van der Waals surface area contributed by atoms with Crippen molar-refractivity contribution in [1.82, 2.24) is 24.5 Å². The fourth-order valence-electron chi connectivity index (χ4n) is 9.07. The Balaban J connectivity index is 1.06. The van der Waals surface area contributed by atoms with E-state index in [0.29, 0.717) is 17.5 Å². The summed E-state index contributed by atoms with van der Waals surface area (Å²) in [6.45, 7) is 8.83. The lowest BCUT2D eigenvalue weighted by Crippen LogP contribution is -2.00. The maximum Gasteiger partial charge on any atom is 0.164 e. The first-order chi connectivity index (χ1) is 31.2. The number of hydrogen-bond acceptors (Lipinski definition) is 4. The predicted molar refractivity (Wildman–Crippen MR) is 262 cm³/mol. The fraction of sp³-hybridized carbons (Fsp3) is 0. The molecule has 0 aliphatic heterocycles. The molecule has 0 aliphatic carbocycles. The van der Waals surface area contributed by atoms with E-state index in [-0.39, 0.29) is 0 Å². The van der Waals surface area contributed by atoms with Crippen molar-refractivity contribution in [1.29, 1.82) is 0 Å². The van der Waals surface area contributed by atoms with Crippen molar-refractivity contribution >= 4 is 44.7 Å². The maximum atomic E-state index is 5.06. The molecule has 11 rings (SSSR count). The zero-order chi connectivity index (χ0) is 42.3. The Hall–Kier alpha value is -8.54. The van der Waals surface area contributed by atoms with E-state index in [2.05, 4.69) is 174 Å². The average Bonchev–Trinajstić information content (AvgIpc) is 3.71. The summed E-state index contributed by atoms with van der Waals surface area (Å²) in [6.07, 6.45) is 7.63. The molecule has 0 radical (unpaired) electrons. The fourth-order valence-corrected chi connectivity index (χ4v) is 9.07. The highest BCUT2D eigenvalue weighted by Crippen LogP contribution is 2.47. The Morgan fingerprint density at radius 1 is 0.381 bits per heavy atom. The summed E-state index contributed by atoms with van der Waals surface area (Å²) in [6, 6.07) is 65.5. The minimum atomic E-state index is 0.598. The molecule has 63 heavy (non-hydrogen) atoms. The number of pyridine rings is 1. The smallest absolute Gasteiger partial charge is 0.164 e. The second kappa shape index (κ2) is 15.8. The van der Waals surface area contributed by atoms with E-state index in [1.165, 1.54) is 10.8 Å². The van der Waals surface area contributed by atoms with Crippen molar-refractivity contribution in [3.63, 3.8) is 0 Å². The number of para-hydroxylation sites is 2. The van der Waals surface area contributed by atoms with Gasteiger partial charge in [0.15, 0.2) is 17.5 Å². The topological polar surface area (TPSA) is 56.5 Å². The normalized spacial score (nSPS) is 11.3. The molecule has 0 amide bonds. The van der Waals surface area contributed by atoms with Crippen LogP contribution in [0.3, 0.4) is 0 Å². The van der Waals surface area contributed by atoms with Gasteiger partial charge in [-0.1, -0.05) is 183 Å². The van der Waals surface area contributed by atoms with E-state index in [1.807, 2.05) is 54.7 Å². The van der Waals surface area contributed by atoms with Gasteiger partial charge < -0.3 is 4.57 Å². The summed E-state index contributed by atoms with van der Waals surface area (Å²) in [5.41, 5.74) is 14.8. The van der Waals surface area contributed by atoms with Crippen LogP contribution in [0.4, 0.5) is 0 Å². The van der Waals surface area contributed by atoms with Crippen LogP contribution in [-0.2, 0) is 0 Å². The van der Waals surface area contributed by atoms with Crippen molar-refractivity contribution in [3.8, 4) is 73.2 Å². The van der Waals surface area contributed by atoms with Gasteiger partial charge in [0, 0.05) is 45.5 Å². The van der Waals surface area contributed by atoms with E-state index in [4.69, 9.17) is 15.0 Å². The first kappa shape index (κ1) is 37.5. The molecule has 0 N–H and O–H groups in total. The van der Waals surface area contributed by atoms with E-state index in [9.17, 15) is 0 Å². The molecule has 3 aromatic heterocycles. The summed E-state index contributed by atoms with van der Waals surface area (Å²) in [5, 5.41) is 4.68. The van der Waals surface area contributed by atoms with E-state index >= 15 is 0 Å². The maximum absolute atomic E-state index is 5.06. The highest BCUT2D eigenvalue weighted by Gasteiger charge is 2.23. The molecule has 0 bridgehead atoms. The van der Waals surface area contributed by atoms with Gasteiger partial charge >= 0.3 is 0 Å².